The molecule has 0 amide bonds. The molecule has 524 valence electrons. The van der Waals surface area contributed by atoms with Gasteiger partial charge in [-0.1, -0.05) is 271 Å². The van der Waals surface area contributed by atoms with E-state index >= 15 is 0 Å². The molecule has 8 unspecified atom stereocenters. The Morgan fingerprint density at radius 3 is 1.06 bits per heavy atom. The summed E-state index contributed by atoms with van der Waals surface area (Å²) in [7, 11) is -5.39. The summed E-state index contributed by atoms with van der Waals surface area (Å²) in [5, 5.41) is 110. The van der Waals surface area contributed by atoms with Crippen LogP contribution in [0.4, 0.5) is 0 Å². The molecule has 1 saturated carbocycles. The molecule has 0 aromatic rings. The second kappa shape index (κ2) is 50.8. The standard InChI is InChI=1S/C67H131O20P/c1-4-7-10-13-16-19-22-25-27-30-33-36-39-42-45-52-54(69)56(71)61(76)66(83-52)85-63-59(74)58(73)60(75)64(86-67-62(77)57(72)55(70)53(48-68)84-67)65(63)87-88(78,79)82-50-51(49-80-46-43-40-37-34-31-28-24-21-18-15-12-9-6-3)81-47-44-41-38-35-32-29-26-23-20-17-14-11-8-5-2/h51-77H,4-50H2,1-3H3,(H,78,79)/t51-,52?,53?,54-,55-,56+,57?,58-,59?,60+,61?,62-,63?,64?,65-,66-,67-/m1/s1. The van der Waals surface area contributed by atoms with Gasteiger partial charge < -0.3 is 84.4 Å². The molecule has 3 rings (SSSR count). The predicted molar refractivity (Wildman–Crippen MR) is 340 cm³/mol. The van der Waals surface area contributed by atoms with Gasteiger partial charge >= 0.3 is 7.82 Å². The summed E-state index contributed by atoms with van der Waals surface area (Å²) in [5.74, 6) is 0. The van der Waals surface area contributed by atoms with E-state index in [9.17, 15) is 60.5 Å². The van der Waals surface area contributed by atoms with E-state index in [0.29, 0.717) is 19.6 Å². The van der Waals surface area contributed by atoms with E-state index in [1.807, 2.05) is 0 Å². The van der Waals surface area contributed by atoms with Crippen LogP contribution in [-0.2, 0) is 42.0 Å². The molecule has 20 nitrogen and oxygen atoms in total. The number of phosphoric ester groups is 1. The molecule has 0 spiro atoms. The van der Waals surface area contributed by atoms with Crippen LogP contribution < -0.4 is 0 Å². The Kier molecular flexibility index (Phi) is 47.2. The minimum Gasteiger partial charge on any atom is -0.394 e. The molecule has 1 aliphatic carbocycles. The SMILES string of the molecule is CCCCCCCCCCCCCCCCO[C@H](COCCCCCCCCCCCCCCC)COP(=O)(O)O[C@@H]1C(O[C@H]2OC(CCCCCCCCCCCCCCCC)[C@@H](O)[C@H](O)C2O)C(O)[C@@H](O)[C@H](O)C1O[C@H]1OC(CO)[C@@H](O)C(O)[C@H]1O. The molecule has 0 aromatic carbocycles. The highest BCUT2D eigenvalue weighted by Gasteiger charge is 2.58. The first-order chi connectivity index (χ1) is 42.6. The Morgan fingerprint density at radius 2 is 0.682 bits per heavy atom. The van der Waals surface area contributed by atoms with Crippen LogP contribution in [0.15, 0.2) is 0 Å². The van der Waals surface area contributed by atoms with Crippen molar-refractivity contribution in [3.63, 3.8) is 0 Å². The van der Waals surface area contributed by atoms with Crippen LogP contribution in [0.25, 0.3) is 0 Å². The Morgan fingerprint density at radius 1 is 0.364 bits per heavy atom. The molecular formula is C67H131O20P. The first-order valence-electron chi connectivity index (χ1n) is 35.8. The van der Waals surface area contributed by atoms with Crippen molar-refractivity contribution in [2.24, 2.45) is 0 Å². The van der Waals surface area contributed by atoms with Crippen LogP contribution in [0.1, 0.15) is 290 Å². The highest BCUT2D eigenvalue weighted by atomic mass is 31.2. The van der Waals surface area contributed by atoms with Gasteiger partial charge in [-0.25, -0.2) is 4.57 Å². The first-order valence-corrected chi connectivity index (χ1v) is 37.3. The van der Waals surface area contributed by atoms with Gasteiger partial charge in [0.15, 0.2) is 12.6 Å². The summed E-state index contributed by atoms with van der Waals surface area (Å²) in [4.78, 5) is 11.6. The van der Waals surface area contributed by atoms with Crippen LogP contribution in [0, 0.1) is 0 Å². The average molecular weight is 1290 g/mol. The second-order valence-corrected chi connectivity index (χ2v) is 27.4. The summed E-state index contributed by atoms with van der Waals surface area (Å²) in [5.41, 5.74) is 0. The van der Waals surface area contributed by atoms with Crippen molar-refractivity contribution in [1.82, 2.24) is 0 Å². The van der Waals surface area contributed by atoms with Crippen LogP contribution in [0.2, 0.25) is 0 Å². The van der Waals surface area contributed by atoms with Gasteiger partial charge in [0, 0.05) is 13.2 Å². The van der Waals surface area contributed by atoms with E-state index < -0.39 is 125 Å². The molecule has 3 aliphatic rings. The zero-order valence-corrected chi connectivity index (χ0v) is 56.0. The van der Waals surface area contributed by atoms with Gasteiger partial charge in [-0.2, -0.15) is 0 Å². The predicted octanol–water partition coefficient (Wildman–Crippen LogP) is 10.8. The number of phosphoric acid groups is 1. The van der Waals surface area contributed by atoms with Gasteiger partial charge in [-0.05, 0) is 19.3 Å². The number of aliphatic hydroxyl groups is 10. The zero-order valence-electron chi connectivity index (χ0n) is 55.1. The second-order valence-electron chi connectivity index (χ2n) is 26.0. The quantitative estimate of drug-likeness (QED) is 0.0199. The fraction of sp³-hybridized carbons (Fsp3) is 1.00. The molecule has 0 radical (unpaired) electrons. The summed E-state index contributed by atoms with van der Waals surface area (Å²) in [6.45, 7) is 6.08. The summed E-state index contributed by atoms with van der Waals surface area (Å²) in [6, 6.07) is 0. The molecule has 0 aromatic heterocycles. The third-order valence-corrected chi connectivity index (χ3v) is 19.2. The lowest BCUT2D eigenvalue weighted by Gasteiger charge is -2.49. The van der Waals surface area contributed by atoms with Crippen molar-refractivity contribution in [3.05, 3.63) is 0 Å². The number of aliphatic hydroxyl groups excluding tert-OH is 10. The van der Waals surface area contributed by atoms with E-state index in [1.165, 1.54) is 180 Å². The minimum absolute atomic E-state index is 0.0180. The Hall–Kier alpha value is -0.530. The van der Waals surface area contributed by atoms with E-state index in [0.717, 1.165) is 77.0 Å². The molecule has 2 saturated heterocycles. The summed E-state index contributed by atoms with van der Waals surface area (Å²) < 4.78 is 61.6. The fourth-order valence-electron chi connectivity index (χ4n) is 12.4. The van der Waals surface area contributed by atoms with E-state index in [1.54, 1.807) is 0 Å². The number of hydrogen-bond acceptors (Lipinski definition) is 19. The van der Waals surface area contributed by atoms with Crippen molar-refractivity contribution >= 4 is 7.82 Å². The summed E-state index contributed by atoms with van der Waals surface area (Å²) in [6.07, 6.45) is 17.0. The molecule has 0 bridgehead atoms. The van der Waals surface area contributed by atoms with Crippen molar-refractivity contribution in [1.29, 1.82) is 0 Å². The lowest BCUT2D eigenvalue weighted by molar-refractivity contribution is -0.359. The molecule has 2 aliphatic heterocycles. The highest BCUT2D eigenvalue weighted by Crippen LogP contribution is 2.49. The van der Waals surface area contributed by atoms with Crippen LogP contribution in [0.3, 0.4) is 0 Å². The van der Waals surface area contributed by atoms with Gasteiger partial charge in [0.25, 0.3) is 0 Å². The lowest BCUT2D eigenvalue weighted by Crippen LogP contribution is -2.69. The molecule has 2 heterocycles. The van der Waals surface area contributed by atoms with Gasteiger partial charge in [0.05, 0.1) is 25.9 Å². The smallest absolute Gasteiger partial charge is 0.394 e. The normalized spacial score (nSPS) is 29.6. The molecular weight excluding hydrogens is 1160 g/mol. The Balaban J connectivity index is 1.70. The molecule has 11 N–H and O–H groups in total. The number of unbranched alkanes of at least 4 members (excludes halogenated alkanes) is 38. The van der Waals surface area contributed by atoms with Gasteiger partial charge in [0.1, 0.15) is 85.5 Å². The lowest BCUT2D eigenvalue weighted by atomic mass is 9.84. The minimum atomic E-state index is -5.39. The van der Waals surface area contributed by atoms with Gasteiger partial charge in [0.2, 0.25) is 0 Å². The highest BCUT2D eigenvalue weighted by molar-refractivity contribution is 7.47. The number of hydrogen-bond donors (Lipinski definition) is 11. The molecule has 21 heteroatoms. The van der Waals surface area contributed by atoms with Crippen molar-refractivity contribution in [2.45, 2.75) is 395 Å². The number of ether oxygens (including phenoxy) is 6. The maximum atomic E-state index is 14.3. The summed E-state index contributed by atoms with van der Waals surface area (Å²) >= 11 is 0. The molecule has 88 heavy (non-hydrogen) atoms. The van der Waals surface area contributed by atoms with Crippen LogP contribution in [-0.4, -0.2) is 193 Å². The molecule has 18 atom stereocenters. The maximum Gasteiger partial charge on any atom is 0.472 e. The van der Waals surface area contributed by atoms with Crippen LogP contribution >= 0.6 is 7.82 Å². The molecule has 3 fully saturated rings. The van der Waals surface area contributed by atoms with Crippen molar-refractivity contribution in [2.75, 3.05) is 33.0 Å². The van der Waals surface area contributed by atoms with E-state index in [-0.39, 0.29) is 13.0 Å². The van der Waals surface area contributed by atoms with Crippen molar-refractivity contribution < 1.29 is 98.0 Å². The zero-order chi connectivity index (χ0) is 64.2. The largest absolute Gasteiger partial charge is 0.472 e. The van der Waals surface area contributed by atoms with Crippen LogP contribution in [0.5, 0.6) is 0 Å². The monoisotopic (exact) mass is 1290 g/mol. The fourth-order valence-corrected chi connectivity index (χ4v) is 13.4. The third kappa shape index (κ3) is 33.7. The van der Waals surface area contributed by atoms with E-state index in [2.05, 4.69) is 20.8 Å². The van der Waals surface area contributed by atoms with Gasteiger partial charge in [-0.3, -0.25) is 9.05 Å². The maximum absolute atomic E-state index is 14.3. The topological polar surface area (TPSA) is 313 Å². The first kappa shape index (κ1) is 81.7. The van der Waals surface area contributed by atoms with Crippen molar-refractivity contribution in [3.8, 4) is 0 Å². The van der Waals surface area contributed by atoms with E-state index in [4.69, 9.17) is 37.5 Å². The van der Waals surface area contributed by atoms with Gasteiger partial charge in [-0.15, -0.1) is 0 Å². The average Bonchev–Trinajstić information content (AvgIpc) is 1.57. The Bertz CT molecular complexity index is 1620. The third-order valence-electron chi connectivity index (χ3n) is 18.2. The Labute approximate surface area is 531 Å². The number of rotatable bonds is 57.